The van der Waals surface area contributed by atoms with Crippen molar-refractivity contribution in [2.75, 3.05) is 13.2 Å². The molecule has 1 aliphatic rings. The second-order valence-corrected chi connectivity index (χ2v) is 4.67. The molecule has 0 fully saturated rings. The maximum atomic E-state index is 11.6. The molecule has 2 aromatic rings. The average molecular weight is 289 g/mol. The Kier molecular flexibility index (Phi) is 3.79. The number of hydrogen-bond donors (Lipinski definition) is 2. The van der Waals surface area contributed by atoms with Crippen molar-refractivity contribution in [3.8, 4) is 11.5 Å². The molecule has 0 unspecified atom stereocenters. The van der Waals surface area contributed by atoms with Crippen LogP contribution in [0.4, 0.5) is 0 Å². The van der Waals surface area contributed by atoms with Crippen LogP contribution in [0, 0.1) is 0 Å². The second kappa shape index (κ2) is 5.88. The van der Waals surface area contributed by atoms with Crippen molar-refractivity contribution in [1.82, 2.24) is 5.32 Å². The van der Waals surface area contributed by atoms with E-state index in [9.17, 15) is 9.90 Å². The predicted molar refractivity (Wildman–Crippen MR) is 72.9 cm³/mol. The van der Waals surface area contributed by atoms with Gasteiger partial charge in [0.2, 0.25) is 0 Å². The number of aliphatic hydroxyl groups is 1. The van der Waals surface area contributed by atoms with E-state index in [0.29, 0.717) is 23.8 Å². The molecule has 1 aromatic carbocycles. The summed E-state index contributed by atoms with van der Waals surface area (Å²) in [5, 5.41) is 12.3. The van der Waals surface area contributed by atoms with E-state index in [4.69, 9.17) is 13.9 Å². The summed E-state index contributed by atoms with van der Waals surface area (Å²) in [7, 11) is 0. The molecule has 0 saturated carbocycles. The zero-order valence-corrected chi connectivity index (χ0v) is 11.2. The van der Waals surface area contributed by atoms with E-state index in [1.807, 2.05) is 0 Å². The SMILES string of the molecule is O=C(COc1ccc2c(c1)OC[C@@H]2O)NCc1ccco1. The zero-order chi connectivity index (χ0) is 14.7. The largest absolute Gasteiger partial charge is 0.490 e. The molecule has 3 rings (SSSR count). The lowest BCUT2D eigenvalue weighted by molar-refractivity contribution is -0.123. The molecule has 6 heteroatoms. The minimum absolute atomic E-state index is 0.0952. The molecule has 2 N–H and O–H groups in total. The Labute approximate surface area is 121 Å². The number of furan rings is 1. The standard InChI is InChI=1S/C15H15NO5/c17-13-8-21-14-6-10(3-4-12(13)14)20-9-15(18)16-7-11-2-1-5-19-11/h1-6,13,17H,7-9H2,(H,16,18)/t13-/m0/s1. The first-order valence-corrected chi connectivity index (χ1v) is 6.59. The first kappa shape index (κ1) is 13.5. The Morgan fingerprint density at radius 3 is 3.14 bits per heavy atom. The second-order valence-electron chi connectivity index (χ2n) is 4.67. The summed E-state index contributed by atoms with van der Waals surface area (Å²) >= 11 is 0. The molecule has 6 nitrogen and oxygen atoms in total. The molecule has 2 heterocycles. The number of carbonyl (C=O) groups excluding carboxylic acids is 1. The van der Waals surface area contributed by atoms with Gasteiger partial charge in [0.05, 0.1) is 12.8 Å². The topological polar surface area (TPSA) is 80.9 Å². The molecule has 0 aliphatic carbocycles. The van der Waals surface area contributed by atoms with Crippen molar-refractivity contribution in [2.45, 2.75) is 12.6 Å². The van der Waals surface area contributed by atoms with Crippen LogP contribution in [0.2, 0.25) is 0 Å². The zero-order valence-electron chi connectivity index (χ0n) is 11.2. The first-order chi connectivity index (χ1) is 10.2. The maximum Gasteiger partial charge on any atom is 0.258 e. The molecule has 1 aromatic heterocycles. The molecule has 21 heavy (non-hydrogen) atoms. The van der Waals surface area contributed by atoms with E-state index in [2.05, 4.69) is 5.32 Å². The average Bonchev–Trinajstić information content (AvgIpc) is 3.13. The van der Waals surface area contributed by atoms with Gasteiger partial charge in [-0.25, -0.2) is 0 Å². The number of rotatable bonds is 5. The number of ether oxygens (including phenoxy) is 2. The van der Waals surface area contributed by atoms with Crippen LogP contribution in [-0.2, 0) is 11.3 Å². The van der Waals surface area contributed by atoms with Crippen molar-refractivity contribution in [1.29, 1.82) is 0 Å². The van der Waals surface area contributed by atoms with Gasteiger partial charge in [0.15, 0.2) is 6.61 Å². The molecule has 1 aliphatic heterocycles. The van der Waals surface area contributed by atoms with Crippen molar-refractivity contribution in [3.63, 3.8) is 0 Å². The molecular weight excluding hydrogens is 274 g/mol. The van der Waals surface area contributed by atoms with Gasteiger partial charge in [-0.15, -0.1) is 0 Å². The normalized spacial score (nSPS) is 16.1. The number of carbonyl (C=O) groups is 1. The number of hydrogen-bond acceptors (Lipinski definition) is 5. The number of fused-ring (bicyclic) bond motifs is 1. The van der Waals surface area contributed by atoms with Crippen LogP contribution in [0.15, 0.2) is 41.0 Å². The summed E-state index contributed by atoms with van der Waals surface area (Å²) in [5.41, 5.74) is 0.740. The third kappa shape index (κ3) is 3.17. The lowest BCUT2D eigenvalue weighted by Crippen LogP contribution is -2.28. The third-order valence-corrected chi connectivity index (χ3v) is 3.15. The number of nitrogens with one attached hydrogen (secondary N) is 1. The monoisotopic (exact) mass is 289 g/mol. The molecule has 0 saturated heterocycles. The molecule has 1 amide bonds. The summed E-state index contributed by atoms with van der Waals surface area (Å²) in [6.45, 7) is 0.485. The van der Waals surface area contributed by atoms with Gasteiger partial charge in [0, 0.05) is 11.6 Å². The van der Waals surface area contributed by atoms with Crippen LogP contribution in [0.3, 0.4) is 0 Å². The Morgan fingerprint density at radius 1 is 1.43 bits per heavy atom. The third-order valence-electron chi connectivity index (χ3n) is 3.15. The summed E-state index contributed by atoms with van der Waals surface area (Å²) in [6, 6.07) is 8.66. The highest BCUT2D eigenvalue weighted by Gasteiger charge is 2.22. The highest BCUT2D eigenvalue weighted by molar-refractivity contribution is 5.77. The van der Waals surface area contributed by atoms with Crippen LogP contribution < -0.4 is 14.8 Å². The van der Waals surface area contributed by atoms with Gasteiger partial charge in [0.1, 0.15) is 30.0 Å². The molecule has 110 valence electrons. The van der Waals surface area contributed by atoms with E-state index < -0.39 is 6.10 Å². The van der Waals surface area contributed by atoms with Gasteiger partial charge >= 0.3 is 0 Å². The Morgan fingerprint density at radius 2 is 2.33 bits per heavy atom. The van der Waals surface area contributed by atoms with Gasteiger partial charge < -0.3 is 24.3 Å². The summed E-state index contributed by atoms with van der Waals surface area (Å²) in [5.74, 6) is 1.56. The van der Waals surface area contributed by atoms with E-state index in [1.54, 1.807) is 36.6 Å². The van der Waals surface area contributed by atoms with Gasteiger partial charge in [-0.3, -0.25) is 4.79 Å². The van der Waals surface area contributed by atoms with Crippen LogP contribution in [-0.4, -0.2) is 24.2 Å². The number of amides is 1. The minimum atomic E-state index is -0.592. The number of aliphatic hydroxyl groups excluding tert-OH is 1. The lowest BCUT2D eigenvalue weighted by Gasteiger charge is -2.08. The Hall–Kier alpha value is -2.47. The highest BCUT2D eigenvalue weighted by Crippen LogP contribution is 2.34. The van der Waals surface area contributed by atoms with E-state index in [-0.39, 0.29) is 19.1 Å². The fourth-order valence-corrected chi connectivity index (χ4v) is 2.06. The van der Waals surface area contributed by atoms with E-state index in [1.165, 1.54) is 0 Å². The Bertz CT molecular complexity index is 623. The van der Waals surface area contributed by atoms with Crippen molar-refractivity contribution in [2.24, 2.45) is 0 Å². The van der Waals surface area contributed by atoms with E-state index in [0.717, 1.165) is 5.56 Å². The van der Waals surface area contributed by atoms with Gasteiger partial charge in [-0.05, 0) is 24.3 Å². The van der Waals surface area contributed by atoms with Crippen molar-refractivity contribution in [3.05, 3.63) is 47.9 Å². The van der Waals surface area contributed by atoms with Crippen LogP contribution in [0.5, 0.6) is 11.5 Å². The lowest BCUT2D eigenvalue weighted by atomic mass is 10.1. The van der Waals surface area contributed by atoms with Crippen molar-refractivity contribution < 1.29 is 23.8 Å². The fraction of sp³-hybridized carbons (Fsp3) is 0.267. The smallest absolute Gasteiger partial charge is 0.258 e. The highest BCUT2D eigenvalue weighted by atomic mass is 16.5. The Balaban J connectivity index is 1.50. The van der Waals surface area contributed by atoms with Crippen molar-refractivity contribution >= 4 is 5.91 Å². The molecular formula is C15H15NO5. The van der Waals surface area contributed by atoms with Crippen LogP contribution >= 0.6 is 0 Å². The van der Waals surface area contributed by atoms with Gasteiger partial charge in [0.25, 0.3) is 5.91 Å². The molecule has 0 spiro atoms. The summed E-state index contributed by atoms with van der Waals surface area (Å²) in [4.78, 5) is 11.6. The van der Waals surface area contributed by atoms with Crippen LogP contribution in [0.1, 0.15) is 17.4 Å². The first-order valence-electron chi connectivity index (χ1n) is 6.59. The van der Waals surface area contributed by atoms with E-state index >= 15 is 0 Å². The molecule has 1 atom stereocenters. The molecule has 0 bridgehead atoms. The quantitative estimate of drug-likeness (QED) is 0.869. The summed E-state index contributed by atoms with van der Waals surface area (Å²) < 4.78 is 15.8. The predicted octanol–water partition coefficient (Wildman–Crippen LogP) is 1.40. The number of benzene rings is 1. The van der Waals surface area contributed by atoms with Gasteiger partial charge in [-0.1, -0.05) is 0 Å². The van der Waals surface area contributed by atoms with Gasteiger partial charge in [-0.2, -0.15) is 0 Å². The maximum absolute atomic E-state index is 11.6. The molecule has 0 radical (unpaired) electrons. The van der Waals surface area contributed by atoms with Crippen LogP contribution in [0.25, 0.3) is 0 Å². The summed E-state index contributed by atoms with van der Waals surface area (Å²) in [6.07, 6.45) is 0.961. The fourth-order valence-electron chi connectivity index (χ4n) is 2.06. The minimum Gasteiger partial charge on any atom is -0.490 e.